The van der Waals surface area contributed by atoms with Gasteiger partial charge in [0.15, 0.2) is 0 Å². The van der Waals surface area contributed by atoms with E-state index in [-0.39, 0.29) is 5.91 Å². The molecular weight excluding hydrogens is 322 g/mol. The molecule has 2 aliphatic heterocycles. The fourth-order valence-corrected chi connectivity index (χ4v) is 4.18. The zero-order valence-corrected chi connectivity index (χ0v) is 15.5. The molecule has 26 heavy (non-hydrogen) atoms. The van der Waals surface area contributed by atoms with Crippen LogP contribution in [-0.4, -0.2) is 43.0 Å². The first-order valence-corrected chi connectivity index (χ1v) is 9.70. The topological polar surface area (TPSA) is 26.8 Å². The van der Waals surface area contributed by atoms with Crippen LogP contribution in [0.1, 0.15) is 26.2 Å². The molecule has 1 amide bonds. The predicted octanol–water partition coefficient (Wildman–Crippen LogP) is 4.05. The van der Waals surface area contributed by atoms with E-state index in [1.165, 1.54) is 17.8 Å². The van der Waals surface area contributed by atoms with Crippen molar-refractivity contribution < 1.29 is 4.79 Å². The Hall–Kier alpha value is -2.49. The van der Waals surface area contributed by atoms with Crippen LogP contribution >= 0.6 is 0 Å². The zero-order chi connectivity index (χ0) is 17.9. The van der Waals surface area contributed by atoms with Crippen LogP contribution in [-0.2, 0) is 4.79 Å². The number of hydrogen-bond donors (Lipinski definition) is 0. The van der Waals surface area contributed by atoms with Crippen LogP contribution < -0.4 is 9.80 Å². The molecule has 0 spiro atoms. The summed E-state index contributed by atoms with van der Waals surface area (Å²) in [7, 11) is 0. The first-order valence-electron chi connectivity index (χ1n) is 9.70. The van der Waals surface area contributed by atoms with E-state index in [2.05, 4.69) is 70.2 Å². The third-order valence-corrected chi connectivity index (χ3v) is 5.62. The summed E-state index contributed by atoms with van der Waals surface area (Å²) in [6, 6.07) is 19.3. The van der Waals surface area contributed by atoms with Crippen LogP contribution in [0.5, 0.6) is 0 Å². The van der Waals surface area contributed by atoms with E-state index < -0.39 is 0 Å². The molecule has 2 heterocycles. The minimum absolute atomic E-state index is 0.264. The quantitative estimate of drug-likeness (QED) is 0.836. The van der Waals surface area contributed by atoms with Gasteiger partial charge in [-0.2, -0.15) is 0 Å². The van der Waals surface area contributed by atoms with Gasteiger partial charge in [0.2, 0.25) is 5.91 Å². The molecule has 2 aliphatic rings. The minimum atomic E-state index is 0.264. The first-order chi connectivity index (χ1) is 12.7. The number of piperidine rings is 1. The van der Waals surface area contributed by atoms with E-state index in [4.69, 9.17) is 0 Å². The van der Waals surface area contributed by atoms with Crippen molar-refractivity contribution in [3.63, 3.8) is 0 Å². The number of para-hydroxylation sites is 3. The second-order valence-electron chi connectivity index (χ2n) is 7.33. The van der Waals surface area contributed by atoms with Gasteiger partial charge in [-0.1, -0.05) is 30.3 Å². The van der Waals surface area contributed by atoms with Gasteiger partial charge in [0, 0.05) is 31.4 Å². The maximum atomic E-state index is 12.9. The molecule has 2 aromatic carbocycles. The van der Waals surface area contributed by atoms with Crippen molar-refractivity contribution in [1.82, 2.24) is 4.90 Å². The van der Waals surface area contributed by atoms with Crippen LogP contribution in [0.3, 0.4) is 0 Å². The summed E-state index contributed by atoms with van der Waals surface area (Å²) in [4.78, 5) is 19.6. The van der Waals surface area contributed by atoms with Crippen molar-refractivity contribution >= 4 is 23.0 Å². The van der Waals surface area contributed by atoms with E-state index in [0.717, 1.165) is 38.2 Å². The van der Waals surface area contributed by atoms with E-state index in [1.807, 2.05) is 6.07 Å². The summed E-state index contributed by atoms with van der Waals surface area (Å²) in [5, 5.41) is 0. The second kappa shape index (κ2) is 7.40. The molecule has 4 rings (SSSR count). The number of likely N-dealkylation sites (tertiary alicyclic amines) is 1. The third kappa shape index (κ3) is 3.28. The highest BCUT2D eigenvalue weighted by molar-refractivity contribution is 5.86. The molecule has 2 aromatic rings. The van der Waals surface area contributed by atoms with Crippen LogP contribution in [0.4, 0.5) is 17.1 Å². The Kier molecular flexibility index (Phi) is 4.83. The van der Waals surface area contributed by atoms with Gasteiger partial charge < -0.3 is 14.7 Å². The fourth-order valence-electron chi connectivity index (χ4n) is 4.18. The molecule has 1 saturated heterocycles. The summed E-state index contributed by atoms with van der Waals surface area (Å²) in [5.74, 6) is 0.264. The maximum Gasteiger partial charge on any atom is 0.242 e. The van der Waals surface area contributed by atoms with Crippen molar-refractivity contribution in [3.05, 3.63) is 54.6 Å². The molecule has 4 heteroatoms. The number of nitrogens with zero attached hydrogens (tertiary/aromatic N) is 3. The van der Waals surface area contributed by atoms with Gasteiger partial charge in [-0.25, -0.2) is 0 Å². The van der Waals surface area contributed by atoms with Gasteiger partial charge in [0.1, 0.15) is 0 Å². The number of carbonyl (C=O) groups excluding carboxylic acids is 1. The average molecular weight is 349 g/mol. The van der Waals surface area contributed by atoms with Gasteiger partial charge >= 0.3 is 0 Å². The van der Waals surface area contributed by atoms with Crippen molar-refractivity contribution in [3.8, 4) is 0 Å². The number of benzene rings is 2. The Morgan fingerprint density at radius 2 is 1.65 bits per heavy atom. The van der Waals surface area contributed by atoms with Crippen molar-refractivity contribution in [2.24, 2.45) is 0 Å². The van der Waals surface area contributed by atoms with Gasteiger partial charge in [0.05, 0.1) is 17.9 Å². The standard InChI is InChI=1S/C22H27N3O/c1-18-9-7-8-14-24(18)22(26)17-23-15-16-25(19-10-3-2-4-11-19)21-13-6-5-12-20(21)23/h2-6,10-13,18H,7-9,14-17H2,1H3/t18-/m0/s1. The van der Waals surface area contributed by atoms with Gasteiger partial charge in [-0.05, 0) is 50.5 Å². The molecule has 4 nitrogen and oxygen atoms in total. The third-order valence-electron chi connectivity index (χ3n) is 5.62. The molecule has 0 aromatic heterocycles. The fraction of sp³-hybridized carbons (Fsp3) is 0.409. The molecule has 0 bridgehead atoms. The Balaban J connectivity index is 1.56. The van der Waals surface area contributed by atoms with Crippen molar-refractivity contribution in [1.29, 1.82) is 0 Å². The monoisotopic (exact) mass is 349 g/mol. The number of hydrogen-bond acceptors (Lipinski definition) is 3. The molecule has 0 aliphatic carbocycles. The number of fused-ring (bicyclic) bond motifs is 1. The lowest BCUT2D eigenvalue weighted by molar-refractivity contribution is -0.132. The molecule has 0 unspecified atom stereocenters. The highest BCUT2D eigenvalue weighted by Gasteiger charge is 2.28. The van der Waals surface area contributed by atoms with Crippen molar-refractivity contribution in [2.75, 3.05) is 36.0 Å². The van der Waals surface area contributed by atoms with Gasteiger partial charge in [-0.3, -0.25) is 4.79 Å². The Morgan fingerprint density at radius 1 is 0.923 bits per heavy atom. The summed E-state index contributed by atoms with van der Waals surface area (Å²) < 4.78 is 0. The van der Waals surface area contributed by atoms with Crippen LogP contribution in [0.15, 0.2) is 54.6 Å². The zero-order valence-electron chi connectivity index (χ0n) is 15.5. The maximum absolute atomic E-state index is 12.9. The molecule has 1 atom stereocenters. The lowest BCUT2D eigenvalue weighted by atomic mass is 10.0. The normalized spacial score (nSPS) is 20.0. The summed E-state index contributed by atoms with van der Waals surface area (Å²) in [5.41, 5.74) is 3.54. The predicted molar refractivity (Wildman–Crippen MR) is 107 cm³/mol. The number of carbonyl (C=O) groups is 1. The van der Waals surface area contributed by atoms with Gasteiger partial charge in [-0.15, -0.1) is 0 Å². The molecule has 1 fully saturated rings. The summed E-state index contributed by atoms with van der Waals surface area (Å²) >= 11 is 0. The van der Waals surface area contributed by atoms with E-state index >= 15 is 0 Å². The largest absolute Gasteiger partial charge is 0.359 e. The van der Waals surface area contributed by atoms with Crippen LogP contribution in [0, 0.1) is 0 Å². The Morgan fingerprint density at radius 3 is 2.42 bits per heavy atom. The molecular formula is C22H27N3O. The van der Waals surface area contributed by atoms with Crippen molar-refractivity contribution in [2.45, 2.75) is 32.2 Å². The van der Waals surface area contributed by atoms with Crippen LogP contribution in [0.25, 0.3) is 0 Å². The molecule has 0 radical (unpaired) electrons. The van der Waals surface area contributed by atoms with E-state index in [0.29, 0.717) is 12.6 Å². The SMILES string of the molecule is C[C@H]1CCCCN1C(=O)CN1CCN(c2ccccc2)c2ccccc21. The molecule has 0 saturated carbocycles. The highest BCUT2D eigenvalue weighted by atomic mass is 16.2. The molecule has 136 valence electrons. The number of rotatable bonds is 3. The summed E-state index contributed by atoms with van der Waals surface area (Å²) in [6.07, 6.45) is 3.50. The number of amides is 1. The lowest BCUT2D eigenvalue weighted by Crippen LogP contribution is -2.49. The Labute approximate surface area is 156 Å². The second-order valence-corrected chi connectivity index (χ2v) is 7.33. The number of anilines is 3. The lowest BCUT2D eigenvalue weighted by Gasteiger charge is -2.40. The van der Waals surface area contributed by atoms with E-state index in [1.54, 1.807) is 0 Å². The first kappa shape index (κ1) is 17.0. The summed E-state index contributed by atoms with van der Waals surface area (Å²) in [6.45, 7) is 5.32. The van der Waals surface area contributed by atoms with Gasteiger partial charge in [0.25, 0.3) is 0 Å². The molecule has 0 N–H and O–H groups in total. The van der Waals surface area contributed by atoms with Crippen LogP contribution in [0.2, 0.25) is 0 Å². The highest BCUT2D eigenvalue weighted by Crippen LogP contribution is 2.37. The van der Waals surface area contributed by atoms with E-state index in [9.17, 15) is 4.79 Å². The minimum Gasteiger partial charge on any atom is -0.359 e. The smallest absolute Gasteiger partial charge is 0.242 e. The average Bonchev–Trinajstić information content (AvgIpc) is 2.69. The Bertz CT molecular complexity index is 761.